The molecule has 0 radical (unpaired) electrons. The summed E-state index contributed by atoms with van der Waals surface area (Å²) in [7, 11) is 0. The third-order valence-corrected chi connectivity index (χ3v) is 5.06. The van der Waals surface area contributed by atoms with Crippen LogP contribution in [0.3, 0.4) is 0 Å². The SMILES string of the molecule is [C-]#[N+]C1=C(C)NC2=C(C(=O)NC2(C)C)C1c1ccc2[nH]nc(C)c2c1. The van der Waals surface area contributed by atoms with E-state index in [0.717, 1.165) is 33.6 Å². The molecule has 1 aromatic carbocycles. The molecule has 2 aliphatic heterocycles. The van der Waals surface area contributed by atoms with Gasteiger partial charge in [-0.2, -0.15) is 5.10 Å². The maximum absolute atomic E-state index is 12.7. The number of hydrogen-bond donors (Lipinski definition) is 3. The lowest BCUT2D eigenvalue weighted by atomic mass is 9.82. The topological polar surface area (TPSA) is 74.2 Å². The number of amides is 1. The van der Waals surface area contributed by atoms with Crippen molar-refractivity contribution >= 4 is 16.8 Å². The van der Waals surface area contributed by atoms with E-state index in [1.807, 2.05) is 45.9 Å². The summed E-state index contributed by atoms with van der Waals surface area (Å²) >= 11 is 0. The van der Waals surface area contributed by atoms with Crippen LogP contribution in [0.1, 0.15) is 37.9 Å². The molecule has 6 nitrogen and oxygen atoms in total. The van der Waals surface area contributed by atoms with Gasteiger partial charge in [0.2, 0.25) is 5.91 Å². The minimum Gasteiger partial charge on any atom is -0.370 e. The van der Waals surface area contributed by atoms with Gasteiger partial charge in [-0.05, 0) is 45.4 Å². The Morgan fingerprint density at radius 1 is 1.28 bits per heavy atom. The molecule has 1 atom stereocenters. The van der Waals surface area contributed by atoms with Gasteiger partial charge in [0, 0.05) is 22.4 Å². The van der Waals surface area contributed by atoms with Gasteiger partial charge < -0.3 is 10.6 Å². The number of hydrogen-bond acceptors (Lipinski definition) is 3. The Hall–Kier alpha value is -3.07. The van der Waals surface area contributed by atoms with Gasteiger partial charge in [0.1, 0.15) is 0 Å². The maximum Gasteiger partial charge on any atom is 0.249 e. The number of fused-ring (bicyclic) bond motifs is 1. The zero-order chi connectivity index (χ0) is 17.9. The van der Waals surface area contributed by atoms with Crippen LogP contribution in [0.2, 0.25) is 0 Å². The van der Waals surface area contributed by atoms with Crippen LogP contribution in [0.25, 0.3) is 15.7 Å². The minimum absolute atomic E-state index is 0.116. The number of carbonyl (C=O) groups is 1. The molecule has 0 aliphatic carbocycles. The number of aryl methyl sites for hydroxylation is 1. The molecule has 2 aliphatic rings. The fourth-order valence-electron chi connectivity index (χ4n) is 3.78. The van der Waals surface area contributed by atoms with Gasteiger partial charge in [-0.3, -0.25) is 9.89 Å². The molecule has 25 heavy (non-hydrogen) atoms. The number of nitrogens with one attached hydrogen (secondary N) is 3. The number of aromatic nitrogens is 2. The average Bonchev–Trinajstić information content (AvgIpc) is 3.03. The lowest BCUT2D eigenvalue weighted by molar-refractivity contribution is -0.117. The molecule has 0 saturated carbocycles. The molecule has 6 heteroatoms. The van der Waals surface area contributed by atoms with Crippen molar-refractivity contribution in [2.45, 2.75) is 39.2 Å². The van der Waals surface area contributed by atoms with E-state index < -0.39 is 5.54 Å². The Morgan fingerprint density at radius 3 is 2.76 bits per heavy atom. The van der Waals surface area contributed by atoms with E-state index in [1.165, 1.54) is 0 Å². The molecule has 1 aromatic heterocycles. The predicted molar refractivity (Wildman–Crippen MR) is 95.3 cm³/mol. The number of rotatable bonds is 1. The van der Waals surface area contributed by atoms with Gasteiger partial charge in [-0.15, -0.1) is 0 Å². The van der Waals surface area contributed by atoms with Crippen LogP contribution in [0.4, 0.5) is 0 Å². The lowest BCUT2D eigenvalue weighted by Gasteiger charge is -2.30. The van der Waals surface area contributed by atoms with Crippen LogP contribution >= 0.6 is 0 Å². The van der Waals surface area contributed by atoms with Crippen molar-refractivity contribution in [3.8, 4) is 0 Å². The molecule has 0 bridgehead atoms. The van der Waals surface area contributed by atoms with Crippen LogP contribution in [0, 0.1) is 13.5 Å². The fourth-order valence-corrected chi connectivity index (χ4v) is 3.78. The monoisotopic (exact) mass is 333 g/mol. The van der Waals surface area contributed by atoms with E-state index >= 15 is 0 Å². The second-order valence-corrected chi connectivity index (χ2v) is 7.16. The highest BCUT2D eigenvalue weighted by Crippen LogP contribution is 2.44. The smallest absolute Gasteiger partial charge is 0.249 e. The average molecular weight is 333 g/mol. The fraction of sp³-hybridized carbons (Fsp3) is 0.316. The lowest BCUT2D eigenvalue weighted by Crippen LogP contribution is -2.41. The van der Waals surface area contributed by atoms with E-state index in [1.54, 1.807) is 0 Å². The third kappa shape index (κ3) is 2.09. The van der Waals surface area contributed by atoms with Gasteiger partial charge in [0.25, 0.3) is 0 Å². The number of H-pyrrole nitrogens is 1. The highest BCUT2D eigenvalue weighted by molar-refractivity contribution is 6.01. The first-order chi connectivity index (χ1) is 11.8. The summed E-state index contributed by atoms with van der Waals surface area (Å²) in [4.78, 5) is 16.5. The molecule has 2 aromatic rings. The van der Waals surface area contributed by atoms with Crippen molar-refractivity contribution in [3.63, 3.8) is 0 Å². The number of nitrogens with zero attached hydrogens (tertiary/aromatic N) is 2. The minimum atomic E-state index is -0.477. The van der Waals surface area contributed by atoms with Crippen molar-refractivity contribution in [1.82, 2.24) is 20.8 Å². The molecule has 4 rings (SSSR count). The first kappa shape index (κ1) is 15.5. The van der Waals surface area contributed by atoms with Crippen LogP contribution in [0.5, 0.6) is 0 Å². The molecule has 1 unspecified atom stereocenters. The van der Waals surface area contributed by atoms with Gasteiger partial charge in [0.15, 0.2) is 5.70 Å². The van der Waals surface area contributed by atoms with Crippen molar-refractivity contribution in [2.75, 3.05) is 0 Å². The summed E-state index contributed by atoms with van der Waals surface area (Å²) in [5.74, 6) is -0.482. The van der Waals surface area contributed by atoms with E-state index in [2.05, 4.69) is 25.7 Å². The van der Waals surface area contributed by atoms with E-state index in [0.29, 0.717) is 11.3 Å². The zero-order valence-electron chi connectivity index (χ0n) is 14.6. The summed E-state index contributed by atoms with van der Waals surface area (Å²) in [6.07, 6.45) is 0. The van der Waals surface area contributed by atoms with Crippen molar-refractivity contribution in [2.24, 2.45) is 0 Å². The Kier molecular flexibility index (Phi) is 3.07. The van der Waals surface area contributed by atoms with E-state index in [9.17, 15) is 4.79 Å². The Bertz CT molecular complexity index is 1030. The molecule has 0 saturated heterocycles. The number of allylic oxidation sites excluding steroid dienone is 2. The molecular formula is C19H19N5O. The molecule has 0 spiro atoms. The second-order valence-electron chi connectivity index (χ2n) is 7.16. The third-order valence-electron chi connectivity index (χ3n) is 5.06. The first-order valence-corrected chi connectivity index (χ1v) is 8.20. The van der Waals surface area contributed by atoms with Crippen LogP contribution < -0.4 is 10.6 Å². The molecule has 3 heterocycles. The summed E-state index contributed by atoms with van der Waals surface area (Å²) in [5.41, 5.74) is 5.17. The predicted octanol–water partition coefficient (Wildman–Crippen LogP) is 2.87. The normalized spacial score (nSPS) is 21.9. The standard InChI is InChI=1S/C19H19N5O/c1-9-12-8-11(6-7-13(12)24-23-9)14-15-17(19(3,4)22-18(15)25)21-10(2)16(14)20-5/h6-8,14,21H,1-4H3,(H,22,25)(H,23,24). The Morgan fingerprint density at radius 2 is 2.04 bits per heavy atom. The number of dihydropyridines is 1. The Balaban J connectivity index is 1.97. The van der Waals surface area contributed by atoms with Crippen molar-refractivity contribution < 1.29 is 4.79 Å². The van der Waals surface area contributed by atoms with Gasteiger partial charge in [0.05, 0.1) is 29.2 Å². The van der Waals surface area contributed by atoms with Crippen LogP contribution in [-0.4, -0.2) is 21.6 Å². The van der Waals surface area contributed by atoms with Gasteiger partial charge in [-0.25, -0.2) is 4.85 Å². The number of aromatic amines is 1. The molecule has 1 amide bonds. The number of benzene rings is 1. The summed E-state index contributed by atoms with van der Waals surface area (Å²) in [5, 5.41) is 14.6. The molecular weight excluding hydrogens is 314 g/mol. The highest BCUT2D eigenvalue weighted by atomic mass is 16.2. The second kappa shape index (κ2) is 4.96. The maximum atomic E-state index is 12.7. The highest BCUT2D eigenvalue weighted by Gasteiger charge is 2.45. The molecule has 3 N–H and O–H groups in total. The Labute approximate surface area is 145 Å². The van der Waals surface area contributed by atoms with E-state index in [4.69, 9.17) is 6.57 Å². The summed E-state index contributed by atoms with van der Waals surface area (Å²) in [6.45, 7) is 15.4. The molecule has 0 fully saturated rings. The van der Waals surface area contributed by atoms with Crippen molar-refractivity contribution in [1.29, 1.82) is 0 Å². The van der Waals surface area contributed by atoms with Crippen LogP contribution in [-0.2, 0) is 4.79 Å². The largest absolute Gasteiger partial charge is 0.370 e. The zero-order valence-corrected chi connectivity index (χ0v) is 14.6. The van der Waals surface area contributed by atoms with Crippen molar-refractivity contribution in [3.05, 3.63) is 63.5 Å². The summed E-state index contributed by atoms with van der Waals surface area (Å²) < 4.78 is 0. The quantitative estimate of drug-likeness (QED) is 0.703. The van der Waals surface area contributed by atoms with Gasteiger partial charge >= 0.3 is 0 Å². The van der Waals surface area contributed by atoms with E-state index in [-0.39, 0.29) is 11.8 Å². The number of carbonyl (C=O) groups excluding carboxylic acids is 1. The summed E-state index contributed by atoms with van der Waals surface area (Å²) in [6, 6.07) is 5.96. The van der Waals surface area contributed by atoms with Gasteiger partial charge in [-0.1, -0.05) is 6.07 Å². The molecule has 126 valence electrons. The van der Waals surface area contributed by atoms with Crippen LogP contribution in [0.15, 0.2) is 40.9 Å². The first-order valence-electron chi connectivity index (χ1n) is 8.20.